The van der Waals surface area contributed by atoms with Gasteiger partial charge in [0.2, 0.25) is 0 Å². The third kappa shape index (κ3) is 1.31. The number of halogens is 2. The van der Waals surface area contributed by atoms with E-state index in [2.05, 4.69) is 66.5 Å². The standard InChI is InChI=1S/C9H16Br2/c1-7(2,3)6-8(4,5)9(6,10)11/h6H,1-5H3/t6-/m1/s1. The molecule has 0 aromatic rings. The molecule has 1 atom stereocenters. The van der Waals surface area contributed by atoms with Crippen LogP contribution in [0.25, 0.3) is 0 Å². The molecule has 2 heteroatoms. The molecule has 0 bridgehead atoms. The zero-order valence-corrected chi connectivity index (χ0v) is 11.0. The molecule has 0 aliphatic heterocycles. The lowest BCUT2D eigenvalue weighted by Crippen LogP contribution is -2.13. The lowest BCUT2D eigenvalue weighted by molar-refractivity contribution is 0.301. The van der Waals surface area contributed by atoms with Crippen molar-refractivity contribution in [2.45, 2.75) is 37.9 Å². The molecule has 0 heterocycles. The molecule has 1 rings (SSSR count). The van der Waals surface area contributed by atoms with Crippen LogP contribution in [0.5, 0.6) is 0 Å². The Hall–Kier alpha value is 0.960. The highest BCUT2D eigenvalue weighted by atomic mass is 79.9. The van der Waals surface area contributed by atoms with Gasteiger partial charge in [-0.25, -0.2) is 0 Å². The Labute approximate surface area is 86.4 Å². The second kappa shape index (κ2) is 2.25. The van der Waals surface area contributed by atoms with E-state index >= 15 is 0 Å². The smallest absolute Gasteiger partial charge is 0.0718 e. The van der Waals surface area contributed by atoms with Gasteiger partial charge in [0.05, 0.1) is 3.23 Å². The summed E-state index contributed by atoms with van der Waals surface area (Å²) >= 11 is 7.45. The first kappa shape index (κ1) is 10.0. The molecular formula is C9H16Br2. The number of rotatable bonds is 0. The molecule has 1 aliphatic rings. The molecular weight excluding hydrogens is 268 g/mol. The molecule has 1 aliphatic carbocycles. The molecule has 0 aromatic heterocycles. The summed E-state index contributed by atoms with van der Waals surface area (Å²) < 4.78 is 0.172. The maximum Gasteiger partial charge on any atom is 0.0898 e. The van der Waals surface area contributed by atoms with Crippen molar-refractivity contribution >= 4 is 31.9 Å². The van der Waals surface area contributed by atoms with Gasteiger partial charge >= 0.3 is 0 Å². The zero-order chi connectivity index (χ0) is 9.08. The van der Waals surface area contributed by atoms with Gasteiger partial charge in [-0.3, -0.25) is 0 Å². The van der Waals surface area contributed by atoms with Crippen molar-refractivity contribution in [3.63, 3.8) is 0 Å². The van der Waals surface area contributed by atoms with Gasteiger partial charge < -0.3 is 0 Å². The van der Waals surface area contributed by atoms with Gasteiger partial charge in [0.25, 0.3) is 0 Å². The van der Waals surface area contributed by atoms with E-state index in [1.54, 1.807) is 0 Å². The Kier molecular flexibility index (Phi) is 2.06. The molecule has 0 nitrogen and oxygen atoms in total. The van der Waals surface area contributed by atoms with E-state index in [0.717, 1.165) is 0 Å². The molecule has 0 amide bonds. The fourth-order valence-corrected chi connectivity index (χ4v) is 5.03. The van der Waals surface area contributed by atoms with E-state index in [1.807, 2.05) is 0 Å². The van der Waals surface area contributed by atoms with Crippen LogP contribution in [0.1, 0.15) is 34.6 Å². The molecule has 0 unspecified atom stereocenters. The fraction of sp³-hybridized carbons (Fsp3) is 1.00. The van der Waals surface area contributed by atoms with E-state index < -0.39 is 0 Å². The van der Waals surface area contributed by atoms with Crippen LogP contribution < -0.4 is 0 Å². The summed E-state index contributed by atoms with van der Waals surface area (Å²) in [5.41, 5.74) is 0.766. The fourth-order valence-electron chi connectivity index (χ4n) is 2.28. The quantitative estimate of drug-likeness (QED) is 0.585. The van der Waals surface area contributed by atoms with Crippen molar-refractivity contribution in [3.05, 3.63) is 0 Å². The highest BCUT2D eigenvalue weighted by molar-refractivity contribution is 9.25. The van der Waals surface area contributed by atoms with Crippen LogP contribution in [0.2, 0.25) is 0 Å². The molecule has 11 heavy (non-hydrogen) atoms. The summed E-state index contributed by atoms with van der Waals surface area (Å²) in [6.07, 6.45) is 0. The second-order valence-electron chi connectivity index (χ2n) is 5.14. The van der Waals surface area contributed by atoms with Crippen LogP contribution in [0, 0.1) is 16.7 Å². The molecule has 0 aromatic carbocycles. The summed E-state index contributed by atoms with van der Waals surface area (Å²) in [5.74, 6) is 0.711. The Bertz CT molecular complexity index is 160. The van der Waals surface area contributed by atoms with E-state index in [9.17, 15) is 0 Å². The number of hydrogen-bond acceptors (Lipinski definition) is 0. The molecule has 0 N–H and O–H groups in total. The van der Waals surface area contributed by atoms with Gasteiger partial charge in [-0.2, -0.15) is 0 Å². The molecule has 0 spiro atoms. The summed E-state index contributed by atoms with van der Waals surface area (Å²) in [6, 6.07) is 0. The van der Waals surface area contributed by atoms with Crippen LogP contribution in [-0.4, -0.2) is 3.23 Å². The Morgan fingerprint density at radius 3 is 1.36 bits per heavy atom. The molecule has 1 fully saturated rings. The lowest BCUT2D eigenvalue weighted by Gasteiger charge is -2.19. The lowest BCUT2D eigenvalue weighted by atomic mass is 9.86. The minimum Gasteiger partial charge on any atom is -0.0718 e. The maximum absolute atomic E-state index is 3.73. The summed E-state index contributed by atoms with van der Waals surface area (Å²) in [7, 11) is 0. The van der Waals surface area contributed by atoms with Crippen LogP contribution in [0.15, 0.2) is 0 Å². The van der Waals surface area contributed by atoms with Crippen molar-refractivity contribution in [3.8, 4) is 0 Å². The SMILES string of the molecule is CC(C)(C)[C@@H]1C(C)(C)C1(Br)Br. The van der Waals surface area contributed by atoms with E-state index in [4.69, 9.17) is 0 Å². The van der Waals surface area contributed by atoms with Crippen molar-refractivity contribution in [2.24, 2.45) is 16.7 Å². The maximum atomic E-state index is 3.73. The largest absolute Gasteiger partial charge is 0.0898 e. The van der Waals surface area contributed by atoms with Crippen LogP contribution >= 0.6 is 31.9 Å². The van der Waals surface area contributed by atoms with Crippen molar-refractivity contribution in [1.29, 1.82) is 0 Å². The van der Waals surface area contributed by atoms with E-state index in [0.29, 0.717) is 16.7 Å². The normalized spacial score (nSPS) is 33.5. The van der Waals surface area contributed by atoms with Crippen LogP contribution in [0.3, 0.4) is 0 Å². The van der Waals surface area contributed by atoms with E-state index in [-0.39, 0.29) is 3.23 Å². The van der Waals surface area contributed by atoms with Crippen molar-refractivity contribution in [1.82, 2.24) is 0 Å². The minimum atomic E-state index is 0.172. The van der Waals surface area contributed by atoms with Crippen molar-refractivity contribution < 1.29 is 0 Å². The first-order chi connectivity index (χ1) is 4.62. The summed E-state index contributed by atoms with van der Waals surface area (Å²) in [5, 5.41) is 0. The third-order valence-corrected chi connectivity index (χ3v) is 5.69. The number of hydrogen-bond donors (Lipinski definition) is 0. The molecule has 0 saturated heterocycles. The van der Waals surface area contributed by atoms with Gasteiger partial charge in [-0.05, 0) is 16.7 Å². The predicted molar refractivity (Wildman–Crippen MR) is 57.3 cm³/mol. The number of alkyl halides is 2. The van der Waals surface area contributed by atoms with E-state index in [1.165, 1.54) is 0 Å². The second-order valence-corrected chi connectivity index (χ2v) is 8.71. The average molecular weight is 284 g/mol. The highest BCUT2D eigenvalue weighted by Gasteiger charge is 2.72. The molecule has 66 valence electrons. The van der Waals surface area contributed by atoms with Crippen LogP contribution in [-0.2, 0) is 0 Å². The topological polar surface area (TPSA) is 0 Å². The van der Waals surface area contributed by atoms with Gasteiger partial charge in [0.1, 0.15) is 0 Å². The third-order valence-electron chi connectivity index (χ3n) is 2.73. The van der Waals surface area contributed by atoms with Gasteiger partial charge in [0, 0.05) is 0 Å². The first-order valence-electron chi connectivity index (χ1n) is 3.99. The Morgan fingerprint density at radius 1 is 1.09 bits per heavy atom. The highest BCUT2D eigenvalue weighted by Crippen LogP contribution is 2.75. The minimum absolute atomic E-state index is 0.172. The summed E-state index contributed by atoms with van der Waals surface area (Å²) in [6.45, 7) is 11.5. The zero-order valence-electron chi connectivity index (χ0n) is 7.83. The van der Waals surface area contributed by atoms with Crippen molar-refractivity contribution in [2.75, 3.05) is 0 Å². The summed E-state index contributed by atoms with van der Waals surface area (Å²) in [4.78, 5) is 0. The van der Waals surface area contributed by atoms with Gasteiger partial charge in [-0.15, -0.1) is 0 Å². The average Bonchev–Trinajstić information content (AvgIpc) is 1.93. The molecule has 1 saturated carbocycles. The van der Waals surface area contributed by atoms with Crippen LogP contribution in [0.4, 0.5) is 0 Å². The Balaban J connectivity index is 2.84. The Morgan fingerprint density at radius 2 is 1.36 bits per heavy atom. The predicted octanol–water partition coefficient (Wildman–Crippen LogP) is 4.17. The molecule has 0 radical (unpaired) electrons. The first-order valence-corrected chi connectivity index (χ1v) is 5.58. The van der Waals surface area contributed by atoms with Gasteiger partial charge in [0.15, 0.2) is 0 Å². The van der Waals surface area contributed by atoms with Gasteiger partial charge in [-0.1, -0.05) is 66.5 Å². The monoisotopic (exact) mass is 282 g/mol.